The zero-order valence-electron chi connectivity index (χ0n) is 43.3. The van der Waals surface area contributed by atoms with E-state index in [-0.39, 0.29) is 76.0 Å². The SMILES string of the molecule is CCCN(CCO)C(=O)C1=Cc2ccc(C3(C(=O)Nc4cnc5c(c4)CN(C(=O)CCOCCOCCOCCOCCOCCOCCNC(=O)C4COC(CN6C(=O)C=CC6=O)OC4)CC5)CC3)cc2N=C(N)C1. The fourth-order valence-electron chi connectivity index (χ4n) is 8.93. The van der Waals surface area contributed by atoms with Crippen molar-refractivity contribution in [2.24, 2.45) is 16.6 Å². The summed E-state index contributed by atoms with van der Waals surface area (Å²) >= 11 is 0. The molecular weight excluding hydrogens is 989 g/mol. The predicted octanol–water partition coefficient (Wildman–Crippen LogP) is 1.16. The first-order valence-electron chi connectivity index (χ1n) is 26.1. The van der Waals surface area contributed by atoms with E-state index in [9.17, 15) is 33.9 Å². The molecule has 6 amide bonds. The Kier molecular flexibility index (Phi) is 22.4. The van der Waals surface area contributed by atoms with Crippen LogP contribution in [-0.2, 0) is 85.0 Å². The molecule has 0 unspecified atom stereocenters. The highest BCUT2D eigenvalue weighted by Crippen LogP contribution is 2.50. The van der Waals surface area contributed by atoms with E-state index in [2.05, 4.69) is 20.6 Å². The zero-order valence-corrected chi connectivity index (χ0v) is 43.3. The third-order valence-electron chi connectivity index (χ3n) is 13.2. The summed E-state index contributed by atoms with van der Waals surface area (Å²) in [6.45, 7) is 8.46. The van der Waals surface area contributed by atoms with E-state index in [1.807, 2.05) is 31.2 Å². The molecule has 5 N–H and O–H groups in total. The summed E-state index contributed by atoms with van der Waals surface area (Å²) in [5.41, 5.74) is 10.5. The second kappa shape index (κ2) is 29.5. The lowest BCUT2D eigenvalue weighted by Crippen LogP contribution is -2.47. The van der Waals surface area contributed by atoms with Gasteiger partial charge < -0.3 is 69.2 Å². The monoisotopic (exact) mass is 1060 g/mol. The lowest BCUT2D eigenvalue weighted by atomic mass is 9.92. The summed E-state index contributed by atoms with van der Waals surface area (Å²) in [6, 6.07) is 7.56. The number of hydrogen-bond acceptors (Lipinski definition) is 18. The van der Waals surface area contributed by atoms with E-state index in [4.69, 9.17) is 43.6 Å². The molecule has 23 nitrogen and oxygen atoms in total. The van der Waals surface area contributed by atoms with Gasteiger partial charge in [0.25, 0.3) is 11.8 Å². The Morgan fingerprint density at radius 1 is 0.855 bits per heavy atom. The molecule has 1 aromatic carbocycles. The smallest absolute Gasteiger partial charge is 0.253 e. The van der Waals surface area contributed by atoms with Crippen molar-refractivity contribution < 1.29 is 71.8 Å². The van der Waals surface area contributed by atoms with Crippen molar-refractivity contribution in [1.29, 1.82) is 0 Å². The van der Waals surface area contributed by atoms with Crippen LogP contribution >= 0.6 is 0 Å². The van der Waals surface area contributed by atoms with E-state index in [1.54, 1.807) is 22.1 Å². The summed E-state index contributed by atoms with van der Waals surface area (Å²) in [7, 11) is 0. The maximum atomic E-state index is 13.9. The summed E-state index contributed by atoms with van der Waals surface area (Å²) in [4.78, 5) is 89.9. The third-order valence-corrected chi connectivity index (χ3v) is 13.2. The molecule has 4 aliphatic heterocycles. The number of nitrogens with one attached hydrogen (secondary N) is 2. The number of benzene rings is 1. The van der Waals surface area contributed by atoms with Gasteiger partial charge in [0.05, 0.1) is 141 Å². The van der Waals surface area contributed by atoms with Gasteiger partial charge in [0.2, 0.25) is 23.6 Å². The predicted molar refractivity (Wildman–Crippen MR) is 275 cm³/mol. The Morgan fingerprint density at radius 2 is 1.49 bits per heavy atom. The molecule has 0 bridgehead atoms. The molecule has 0 radical (unpaired) electrons. The maximum Gasteiger partial charge on any atom is 0.253 e. The lowest BCUT2D eigenvalue weighted by molar-refractivity contribution is -0.207. The molecule has 1 saturated carbocycles. The Hall–Kier alpha value is -6.02. The number of hydrogen-bond donors (Lipinski definition) is 4. The van der Waals surface area contributed by atoms with Crippen molar-refractivity contribution in [2.75, 3.05) is 137 Å². The second-order valence-electron chi connectivity index (χ2n) is 18.8. The fourth-order valence-corrected chi connectivity index (χ4v) is 8.93. The van der Waals surface area contributed by atoms with Gasteiger partial charge in [-0.1, -0.05) is 19.1 Å². The Bertz CT molecular complexity index is 2400. The van der Waals surface area contributed by atoms with E-state index >= 15 is 0 Å². The number of nitrogens with two attached hydrogens (primary N) is 1. The number of aliphatic hydroxyl groups excluding tert-OH is 1. The molecule has 1 saturated heterocycles. The first kappa shape index (κ1) is 57.7. The van der Waals surface area contributed by atoms with Gasteiger partial charge in [-0.3, -0.25) is 38.7 Å². The standard InChI is InChI=1S/C53H72N8O15/c1-2-12-59(14-15-62)51(67)38-28-37-3-4-41(31-44(37)58-45(54)30-38)53(9-10-53)52(68)57-42-29-39-33-60(13-7-43(39)56-32-42)46(63)8-16-69-18-20-71-22-24-73-26-27-74-25-23-72-21-19-70-17-11-55-50(66)40-35-75-49(76-36-40)34-61-47(64)5-6-48(61)65/h3-6,28-29,31-32,40,49,62H,2,7-27,30,33-36H2,1H3,(H2,54,58)(H,55,66)(H,57,68). The molecule has 1 aromatic heterocycles. The highest BCUT2D eigenvalue weighted by molar-refractivity contribution is 6.13. The molecule has 5 heterocycles. The molecule has 2 aromatic rings. The van der Waals surface area contributed by atoms with Crippen molar-refractivity contribution in [1.82, 2.24) is 25.0 Å². The molecule has 2 fully saturated rings. The van der Waals surface area contributed by atoms with Crippen molar-refractivity contribution in [2.45, 2.75) is 63.7 Å². The number of amidine groups is 1. The Morgan fingerprint density at radius 3 is 2.11 bits per heavy atom. The van der Waals surface area contributed by atoms with Crippen LogP contribution in [0.25, 0.3) is 6.08 Å². The number of fused-ring (bicyclic) bond motifs is 2. The molecular formula is C53H72N8O15. The summed E-state index contributed by atoms with van der Waals surface area (Å²) in [6.07, 6.45) is 8.18. The van der Waals surface area contributed by atoms with Crippen molar-refractivity contribution in [3.8, 4) is 0 Å². The number of aromatic nitrogens is 1. The fraction of sp³-hybridized carbons (Fsp3) is 0.585. The number of carbonyl (C=O) groups excluding carboxylic acids is 6. The Balaban J connectivity index is 0.673. The molecule has 7 rings (SSSR count). The van der Waals surface area contributed by atoms with Gasteiger partial charge in [-0.25, -0.2) is 4.99 Å². The van der Waals surface area contributed by atoms with Gasteiger partial charge in [0.15, 0.2) is 6.29 Å². The molecule has 1 aliphatic carbocycles. The first-order valence-corrected chi connectivity index (χ1v) is 26.1. The Labute approximate surface area is 442 Å². The van der Waals surface area contributed by atoms with Crippen LogP contribution in [0.2, 0.25) is 0 Å². The number of aliphatic hydroxyl groups is 1. The van der Waals surface area contributed by atoms with Crippen LogP contribution in [0, 0.1) is 5.92 Å². The second-order valence-corrected chi connectivity index (χ2v) is 18.8. The van der Waals surface area contributed by atoms with Gasteiger partial charge in [-0.15, -0.1) is 0 Å². The number of aliphatic imine (C=N–C) groups is 1. The zero-order chi connectivity index (χ0) is 53.7. The molecule has 23 heteroatoms. The van der Waals surface area contributed by atoms with Crippen LogP contribution in [-0.4, -0.2) is 204 Å². The first-order chi connectivity index (χ1) is 37.0. The van der Waals surface area contributed by atoms with E-state index in [0.717, 1.165) is 33.7 Å². The average Bonchev–Trinajstić information content (AvgIpc) is 4.21. The number of carbonyl (C=O) groups is 6. The van der Waals surface area contributed by atoms with Gasteiger partial charge in [-0.2, -0.15) is 0 Å². The molecule has 5 aliphatic rings. The van der Waals surface area contributed by atoms with Crippen LogP contribution in [0.4, 0.5) is 11.4 Å². The van der Waals surface area contributed by atoms with Crippen molar-refractivity contribution >= 4 is 58.7 Å². The average molecular weight is 1060 g/mol. The molecule has 0 spiro atoms. The van der Waals surface area contributed by atoms with Gasteiger partial charge in [-0.05, 0) is 48.6 Å². The van der Waals surface area contributed by atoms with E-state index in [0.29, 0.717) is 141 Å². The molecule has 0 atom stereocenters. The van der Waals surface area contributed by atoms with E-state index in [1.165, 1.54) is 12.2 Å². The lowest BCUT2D eigenvalue weighted by Gasteiger charge is -2.30. The number of pyridine rings is 1. The van der Waals surface area contributed by atoms with Gasteiger partial charge >= 0.3 is 0 Å². The summed E-state index contributed by atoms with van der Waals surface area (Å²) in [5, 5.41) is 15.4. The molecule has 76 heavy (non-hydrogen) atoms. The summed E-state index contributed by atoms with van der Waals surface area (Å²) in [5.74, 6) is -1.63. The highest BCUT2D eigenvalue weighted by atomic mass is 16.7. The number of rotatable bonds is 32. The largest absolute Gasteiger partial charge is 0.395 e. The number of imide groups is 1. The van der Waals surface area contributed by atoms with Crippen LogP contribution in [0.3, 0.4) is 0 Å². The number of anilines is 1. The summed E-state index contributed by atoms with van der Waals surface area (Å²) < 4.78 is 44.4. The van der Waals surface area contributed by atoms with Gasteiger partial charge in [0, 0.05) is 74.5 Å². The normalized spacial score (nSPS) is 18.6. The maximum absolute atomic E-state index is 13.9. The van der Waals surface area contributed by atoms with Gasteiger partial charge in [0.1, 0.15) is 5.84 Å². The molecule has 414 valence electrons. The third kappa shape index (κ3) is 16.7. The minimum Gasteiger partial charge on any atom is -0.395 e. The quantitative estimate of drug-likeness (QED) is 0.0591. The minimum atomic E-state index is -0.767. The van der Waals surface area contributed by atoms with Crippen LogP contribution in [0.1, 0.15) is 61.4 Å². The van der Waals surface area contributed by atoms with Crippen LogP contribution in [0.5, 0.6) is 0 Å². The minimum absolute atomic E-state index is 0.0228. The highest BCUT2D eigenvalue weighted by Gasteiger charge is 2.51. The van der Waals surface area contributed by atoms with Crippen molar-refractivity contribution in [3.05, 3.63) is 70.6 Å². The van der Waals surface area contributed by atoms with Crippen LogP contribution in [0.15, 0.2) is 53.2 Å². The van der Waals surface area contributed by atoms with E-state index < -0.39 is 29.4 Å². The van der Waals surface area contributed by atoms with Crippen LogP contribution < -0.4 is 16.4 Å². The topological polar surface area (TPSA) is 282 Å². The number of nitrogens with zero attached hydrogens (tertiary/aromatic N) is 5. The number of amides is 6. The number of ether oxygens (including phenoxy) is 8. The van der Waals surface area contributed by atoms with Crippen molar-refractivity contribution in [3.63, 3.8) is 0 Å².